The van der Waals surface area contributed by atoms with Gasteiger partial charge in [0.15, 0.2) is 0 Å². The summed E-state index contributed by atoms with van der Waals surface area (Å²) >= 11 is 1.97. The number of halogens is 2. The molecule has 0 aliphatic heterocycles. The summed E-state index contributed by atoms with van der Waals surface area (Å²) in [5, 5.41) is 1.41. The largest absolute Gasteiger partial charge is 0.377 e. The van der Waals surface area contributed by atoms with Gasteiger partial charge in [-0.05, 0) is 52.9 Å². The Kier molecular flexibility index (Phi) is 4.88. The van der Waals surface area contributed by atoms with Crippen molar-refractivity contribution in [3.63, 3.8) is 0 Å². The molecule has 0 bridgehead atoms. The number of nitrogens with zero attached hydrogens (tertiary/aromatic N) is 1. The van der Waals surface area contributed by atoms with Crippen molar-refractivity contribution in [3.05, 3.63) is 64.0 Å². The average molecular weight is 470 g/mol. The Morgan fingerprint density at radius 1 is 1.00 bits per heavy atom. The fourth-order valence-electron chi connectivity index (χ4n) is 2.66. The number of hydrogen-bond donors (Lipinski definition) is 1. The molecule has 0 radical (unpaired) electrons. The Labute approximate surface area is 159 Å². The lowest BCUT2D eigenvalue weighted by Crippen LogP contribution is -2.15. The van der Waals surface area contributed by atoms with Gasteiger partial charge < -0.3 is 4.90 Å². The number of nitrogens with one attached hydrogen (secondary N) is 1. The third-order valence-electron chi connectivity index (χ3n) is 3.81. The van der Waals surface area contributed by atoms with Crippen LogP contribution in [0.15, 0.2) is 59.5 Å². The fourth-order valence-corrected chi connectivity index (χ4v) is 4.40. The van der Waals surface area contributed by atoms with E-state index in [4.69, 9.17) is 0 Å². The van der Waals surface area contributed by atoms with E-state index < -0.39 is 15.8 Å². The van der Waals surface area contributed by atoms with Crippen LogP contribution in [0.1, 0.15) is 0 Å². The lowest BCUT2D eigenvalue weighted by atomic mass is 10.1. The van der Waals surface area contributed by atoms with Crippen molar-refractivity contribution in [1.29, 1.82) is 0 Å². The third kappa shape index (κ3) is 3.57. The van der Waals surface area contributed by atoms with Crippen LogP contribution in [0.3, 0.4) is 0 Å². The molecule has 130 valence electrons. The highest BCUT2D eigenvalue weighted by Gasteiger charge is 2.20. The second-order valence-electron chi connectivity index (χ2n) is 5.75. The highest BCUT2D eigenvalue weighted by atomic mass is 127. The molecule has 0 unspecified atom stereocenters. The predicted molar refractivity (Wildman–Crippen MR) is 108 cm³/mol. The second-order valence-corrected chi connectivity index (χ2v) is 8.65. The zero-order chi connectivity index (χ0) is 18.2. The van der Waals surface area contributed by atoms with Crippen molar-refractivity contribution in [2.75, 3.05) is 23.7 Å². The Balaban J connectivity index is 2.13. The molecule has 7 heteroatoms. The summed E-state index contributed by atoms with van der Waals surface area (Å²) in [6.07, 6.45) is 0. The first kappa shape index (κ1) is 17.9. The van der Waals surface area contributed by atoms with Crippen LogP contribution in [-0.2, 0) is 10.0 Å². The summed E-state index contributed by atoms with van der Waals surface area (Å²) in [5.74, 6) is -0.607. The summed E-state index contributed by atoms with van der Waals surface area (Å²) < 4.78 is 42.8. The molecule has 1 N–H and O–H groups in total. The van der Waals surface area contributed by atoms with E-state index in [2.05, 4.69) is 4.72 Å². The molecule has 0 fully saturated rings. The van der Waals surface area contributed by atoms with E-state index in [-0.39, 0.29) is 10.6 Å². The number of rotatable bonds is 4. The van der Waals surface area contributed by atoms with Gasteiger partial charge in [-0.1, -0.05) is 24.3 Å². The standard InChI is InChI=1S/C18H16FIN2O2S/c1-22(2)17-7-3-6-14-13(17)5-4-8-18(14)25(23,24)21-16-10-9-12(20)11-15(16)19/h3-11,21H,1-2H3. The predicted octanol–water partition coefficient (Wildman–Crippen LogP) is 4.45. The summed E-state index contributed by atoms with van der Waals surface area (Å²) in [7, 11) is -0.133. The van der Waals surface area contributed by atoms with Crippen LogP contribution in [0.4, 0.5) is 15.8 Å². The Bertz CT molecular complexity index is 1050. The van der Waals surface area contributed by atoms with Crippen molar-refractivity contribution >= 4 is 54.8 Å². The minimum atomic E-state index is -3.93. The second kappa shape index (κ2) is 6.80. The number of fused-ring (bicyclic) bond motifs is 1. The van der Waals surface area contributed by atoms with Crippen molar-refractivity contribution in [1.82, 2.24) is 0 Å². The van der Waals surface area contributed by atoms with Gasteiger partial charge >= 0.3 is 0 Å². The van der Waals surface area contributed by atoms with E-state index in [1.807, 2.05) is 59.8 Å². The smallest absolute Gasteiger partial charge is 0.262 e. The Morgan fingerprint density at radius 3 is 2.36 bits per heavy atom. The number of hydrogen-bond acceptors (Lipinski definition) is 3. The maximum atomic E-state index is 14.0. The number of benzene rings is 3. The lowest BCUT2D eigenvalue weighted by Gasteiger charge is -2.17. The van der Waals surface area contributed by atoms with Crippen LogP contribution in [-0.4, -0.2) is 22.5 Å². The molecule has 0 saturated carbocycles. The van der Waals surface area contributed by atoms with Gasteiger partial charge in [0.2, 0.25) is 0 Å². The zero-order valence-electron chi connectivity index (χ0n) is 13.6. The Morgan fingerprint density at radius 2 is 1.68 bits per heavy atom. The molecule has 3 rings (SSSR count). The van der Waals surface area contributed by atoms with Gasteiger partial charge in [-0.3, -0.25) is 4.72 Å². The van der Waals surface area contributed by atoms with E-state index in [1.165, 1.54) is 18.2 Å². The van der Waals surface area contributed by atoms with Crippen molar-refractivity contribution in [3.8, 4) is 0 Å². The quantitative estimate of drug-likeness (QED) is 0.574. The van der Waals surface area contributed by atoms with Crippen LogP contribution < -0.4 is 9.62 Å². The first-order valence-corrected chi connectivity index (χ1v) is 10.0. The summed E-state index contributed by atoms with van der Waals surface area (Å²) in [6, 6.07) is 14.9. The highest BCUT2D eigenvalue weighted by molar-refractivity contribution is 14.1. The number of anilines is 2. The topological polar surface area (TPSA) is 49.4 Å². The maximum absolute atomic E-state index is 14.0. The molecule has 0 aliphatic carbocycles. The minimum absolute atomic E-state index is 0.0683. The van der Waals surface area contributed by atoms with Crippen LogP contribution >= 0.6 is 22.6 Å². The van der Waals surface area contributed by atoms with Gasteiger partial charge in [0, 0.05) is 34.1 Å². The summed E-state index contributed by atoms with van der Waals surface area (Å²) in [5.41, 5.74) is 0.844. The minimum Gasteiger partial charge on any atom is -0.377 e. The first-order chi connectivity index (χ1) is 11.8. The van der Waals surface area contributed by atoms with Crippen LogP contribution in [0, 0.1) is 9.39 Å². The van der Waals surface area contributed by atoms with Crippen LogP contribution in [0.25, 0.3) is 10.8 Å². The van der Waals surface area contributed by atoms with Crippen LogP contribution in [0.2, 0.25) is 0 Å². The van der Waals surface area contributed by atoms with E-state index >= 15 is 0 Å². The van der Waals surface area contributed by atoms with Gasteiger partial charge in [0.1, 0.15) is 5.82 Å². The van der Waals surface area contributed by atoms with Crippen molar-refractivity contribution in [2.45, 2.75) is 4.90 Å². The van der Waals surface area contributed by atoms with Crippen molar-refractivity contribution < 1.29 is 12.8 Å². The molecule has 0 amide bonds. The molecule has 25 heavy (non-hydrogen) atoms. The molecular formula is C18H16FIN2O2S. The maximum Gasteiger partial charge on any atom is 0.262 e. The monoisotopic (exact) mass is 470 g/mol. The SMILES string of the molecule is CN(C)c1cccc2c(S(=O)(=O)Nc3ccc(I)cc3F)cccc12. The van der Waals surface area contributed by atoms with Gasteiger partial charge in [-0.2, -0.15) is 0 Å². The average Bonchev–Trinajstić information content (AvgIpc) is 2.56. The molecule has 0 atom stereocenters. The molecule has 3 aromatic rings. The molecule has 0 aromatic heterocycles. The summed E-state index contributed by atoms with van der Waals surface area (Å²) in [4.78, 5) is 2.04. The van der Waals surface area contributed by atoms with E-state index in [0.29, 0.717) is 8.96 Å². The molecule has 3 aromatic carbocycles. The third-order valence-corrected chi connectivity index (χ3v) is 5.90. The first-order valence-electron chi connectivity index (χ1n) is 7.46. The van der Waals surface area contributed by atoms with Crippen LogP contribution in [0.5, 0.6) is 0 Å². The van der Waals surface area contributed by atoms with E-state index in [0.717, 1.165) is 11.1 Å². The zero-order valence-corrected chi connectivity index (χ0v) is 16.6. The molecule has 0 saturated heterocycles. The van der Waals surface area contributed by atoms with Gasteiger partial charge in [0.25, 0.3) is 10.0 Å². The van der Waals surface area contributed by atoms with E-state index in [1.54, 1.807) is 18.2 Å². The molecular weight excluding hydrogens is 454 g/mol. The normalized spacial score (nSPS) is 11.5. The molecule has 4 nitrogen and oxygen atoms in total. The van der Waals surface area contributed by atoms with Gasteiger partial charge in [-0.15, -0.1) is 0 Å². The van der Waals surface area contributed by atoms with Crippen molar-refractivity contribution in [2.24, 2.45) is 0 Å². The van der Waals surface area contributed by atoms with E-state index in [9.17, 15) is 12.8 Å². The lowest BCUT2D eigenvalue weighted by molar-refractivity contribution is 0.599. The fraction of sp³-hybridized carbons (Fsp3) is 0.111. The van der Waals surface area contributed by atoms with Gasteiger partial charge in [0.05, 0.1) is 10.6 Å². The highest BCUT2D eigenvalue weighted by Crippen LogP contribution is 2.31. The molecule has 0 heterocycles. The number of sulfonamides is 1. The molecule has 0 spiro atoms. The molecule has 0 aliphatic rings. The summed E-state index contributed by atoms with van der Waals surface area (Å²) in [6.45, 7) is 0. The Hall–Kier alpha value is -1.87. The van der Waals surface area contributed by atoms with Gasteiger partial charge in [-0.25, -0.2) is 12.8 Å².